The first-order valence-corrected chi connectivity index (χ1v) is 12.4. The molecule has 0 aliphatic carbocycles. The summed E-state index contributed by atoms with van der Waals surface area (Å²) in [5, 5.41) is 24.4. The summed E-state index contributed by atoms with van der Waals surface area (Å²) in [6.45, 7) is 4.34. The van der Waals surface area contributed by atoms with Gasteiger partial charge in [-0.15, -0.1) is 0 Å². The van der Waals surface area contributed by atoms with Crippen molar-refractivity contribution in [2.75, 3.05) is 31.1 Å². The lowest BCUT2D eigenvalue weighted by Crippen LogP contribution is -2.29. The maximum Gasteiger partial charge on any atom is 0.305 e. The molecule has 0 unspecified atom stereocenters. The van der Waals surface area contributed by atoms with Crippen molar-refractivity contribution in [2.45, 2.75) is 38.5 Å². The number of hydrogen-bond acceptors (Lipinski definition) is 6. The van der Waals surface area contributed by atoms with Crippen LogP contribution in [0.25, 0.3) is 0 Å². The van der Waals surface area contributed by atoms with Crippen LogP contribution in [-0.2, 0) is 0 Å². The normalized spacial score (nSPS) is 15.4. The van der Waals surface area contributed by atoms with E-state index in [2.05, 4.69) is 42.1 Å². The SMILES string of the molecule is C1CCNCC1.O=[N+]([O-])c1cc(Br)ccc1F.O=[N+]([O-])c1cc(Br)ccc1N1CCCCC1. The van der Waals surface area contributed by atoms with Crippen LogP contribution in [0.1, 0.15) is 38.5 Å². The van der Waals surface area contributed by atoms with Gasteiger partial charge in [-0.2, -0.15) is 4.39 Å². The van der Waals surface area contributed by atoms with Crippen LogP contribution in [0.2, 0.25) is 0 Å². The smallest absolute Gasteiger partial charge is 0.305 e. The summed E-state index contributed by atoms with van der Waals surface area (Å²) in [6, 6.07) is 8.83. The number of nitro benzene ring substituents is 2. The first-order chi connectivity index (χ1) is 15.8. The molecule has 0 spiro atoms. The van der Waals surface area contributed by atoms with Crippen LogP contribution in [0, 0.1) is 26.0 Å². The number of anilines is 1. The van der Waals surface area contributed by atoms with Gasteiger partial charge in [0.25, 0.3) is 5.69 Å². The zero-order valence-corrected chi connectivity index (χ0v) is 21.3. The third-order valence-corrected chi connectivity index (χ3v) is 6.13. The second-order valence-electron chi connectivity index (χ2n) is 7.60. The minimum absolute atomic E-state index is 0.191. The van der Waals surface area contributed by atoms with Crippen LogP contribution >= 0.6 is 31.9 Å². The summed E-state index contributed by atoms with van der Waals surface area (Å²) in [7, 11) is 0. The van der Waals surface area contributed by atoms with Crippen molar-refractivity contribution in [3.63, 3.8) is 0 Å². The first kappa shape index (κ1) is 27.1. The number of nitrogens with zero attached hydrogens (tertiary/aromatic N) is 3. The summed E-state index contributed by atoms with van der Waals surface area (Å²) in [5.74, 6) is -0.821. The van der Waals surface area contributed by atoms with Crippen molar-refractivity contribution >= 4 is 48.9 Å². The monoisotopic (exact) mass is 588 g/mol. The highest BCUT2D eigenvalue weighted by Gasteiger charge is 2.21. The van der Waals surface area contributed by atoms with Gasteiger partial charge in [0.1, 0.15) is 5.69 Å². The average molecular weight is 590 g/mol. The number of benzene rings is 2. The Morgan fingerprint density at radius 1 is 0.788 bits per heavy atom. The molecule has 2 heterocycles. The standard InChI is InChI=1S/C11H13BrN2O2.C6H3BrFNO2.C5H11N/c12-9-4-5-10(11(8-9)14(15)16)13-6-2-1-3-7-13;7-4-1-2-5(8)6(3-4)9(10)11;1-2-4-6-5-3-1/h4-5,8H,1-3,6-7H2;1-3H;6H,1-5H2. The van der Waals surface area contributed by atoms with Crippen molar-refractivity contribution in [1.82, 2.24) is 5.32 Å². The van der Waals surface area contributed by atoms with Crippen LogP contribution in [0.15, 0.2) is 45.3 Å². The molecule has 2 aromatic carbocycles. The molecular weight excluding hydrogens is 563 g/mol. The van der Waals surface area contributed by atoms with Crippen LogP contribution < -0.4 is 10.2 Å². The van der Waals surface area contributed by atoms with Gasteiger partial charge in [-0.3, -0.25) is 20.2 Å². The predicted octanol–water partition coefficient (Wildman–Crippen LogP) is 6.60. The van der Waals surface area contributed by atoms with Crippen LogP contribution in [0.5, 0.6) is 0 Å². The molecule has 0 atom stereocenters. The minimum atomic E-state index is -0.821. The highest BCUT2D eigenvalue weighted by Crippen LogP contribution is 2.32. The lowest BCUT2D eigenvalue weighted by Gasteiger charge is -2.28. The van der Waals surface area contributed by atoms with E-state index >= 15 is 0 Å². The van der Waals surface area contributed by atoms with Gasteiger partial charge < -0.3 is 10.2 Å². The fourth-order valence-corrected chi connectivity index (χ4v) is 4.17. The topological polar surface area (TPSA) is 102 Å². The molecule has 2 aliphatic heterocycles. The molecule has 2 fully saturated rings. The molecule has 1 N–H and O–H groups in total. The van der Waals surface area contributed by atoms with E-state index in [-0.39, 0.29) is 10.6 Å². The summed E-state index contributed by atoms with van der Waals surface area (Å²) < 4.78 is 13.8. The van der Waals surface area contributed by atoms with Gasteiger partial charge in [0.15, 0.2) is 0 Å². The Morgan fingerprint density at radius 3 is 1.76 bits per heavy atom. The maximum absolute atomic E-state index is 12.6. The average Bonchev–Trinajstić information content (AvgIpc) is 2.83. The van der Waals surface area contributed by atoms with Gasteiger partial charge in [-0.25, -0.2) is 0 Å². The molecule has 0 amide bonds. The van der Waals surface area contributed by atoms with E-state index < -0.39 is 16.4 Å². The summed E-state index contributed by atoms with van der Waals surface area (Å²) in [6.07, 6.45) is 7.67. The number of rotatable bonds is 3. The molecule has 0 bridgehead atoms. The fraction of sp³-hybridized carbons (Fsp3) is 0.455. The van der Waals surface area contributed by atoms with Crippen LogP contribution in [-0.4, -0.2) is 36.0 Å². The van der Waals surface area contributed by atoms with Gasteiger partial charge in [-0.05, 0) is 69.5 Å². The third kappa shape index (κ3) is 9.34. The van der Waals surface area contributed by atoms with Gasteiger partial charge in [0, 0.05) is 34.2 Å². The summed E-state index contributed by atoms with van der Waals surface area (Å²) >= 11 is 6.26. The third-order valence-electron chi connectivity index (χ3n) is 5.14. The molecule has 11 heteroatoms. The molecule has 0 saturated carbocycles. The molecule has 2 saturated heterocycles. The molecule has 2 aliphatic rings. The summed E-state index contributed by atoms with van der Waals surface area (Å²) in [5.41, 5.74) is 0.420. The van der Waals surface area contributed by atoms with Crippen molar-refractivity contribution < 1.29 is 14.2 Å². The number of hydrogen-bond donors (Lipinski definition) is 1. The highest BCUT2D eigenvalue weighted by molar-refractivity contribution is 9.10. The molecule has 0 radical (unpaired) electrons. The fourth-order valence-electron chi connectivity index (χ4n) is 3.47. The highest BCUT2D eigenvalue weighted by atomic mass is 79.9. The molecule has 0 aromatic heterocycles. The van der Waals surface area contributed by atoms with E-state index in [1.165, 1.54) is 44.8 Å². The number of halogens is 3. The Morgan fingerprint density at radius 2 is 1.30 bits per heavy atom. The Kier molecular flexibility index (Phi) is 11.7. The first-order valence-electron chi connectivity index (χ1n) is 10.8. The van der Waals surface area contributed by atoms with E-state index in [1.807, 2.05) is 12.1 Å². The van der Waals surface area contributed by atoms with Crippen molar-refractivity contribution in [1.29, 1.82) is 0 Å². The zero-order chi connectivity index (χ0) is 24.2. The van der Waals surface area contributed by atoms with Crippen molar-refractivity contribution in [3.05, 3.63) is 71.4 Å². The van der Waals surface area contributed by atoms with E-state index in [0.717, 1.165) is 48.2 Å². The van der Waals surface area contributed by atoms with Gasteiger partial charge in [0.2, 0.25) is 5.82 Å². The predicted molar refractivity (Wildman–Crippen MR) is 134 cm³/mol. The maximum atomic E-state index is 12.6. The van der Waals surface area contributed by atoms with Crippen molar-refractivity contribution in [3.8, 4) is 0 Å². The number of piperidine rings is 2. The zero-order valence-electron chi connectivity index (χ0n) is 18.1. The quantitative estimate of drug-likeness (QED) is 0.319. The lowest BCUT2D eigenvalue weighted by atomic mass is 10.1. The molecule has 33 heavy (non-hydrogen) atoms. The van der Waals surface area contributed by atoms with Crippen molar-refractivity contribution in [2.24, 2.45) is 0 Å². The van der Waals surface area contributed by atoms with Crippen LogP contribution in [0.3, 0.4) is 0 Å². The Labute approximate surface area is 209 Å². The van der Waals surface area contributed by atoms with Crippen LogP contribution in [0.4, 0.5) is 21.5 Å². The Balaban J connectivity index is 0.000000195. The molecule has 2 aromatic rings. The second-order valence-corrected chi connectivity index (χ2v) is 9.43. The van der Waals surface area contributed by atoms with Gasteiger partial charge in [-0.1, -0.05) is 38.3 Å². The number of nitro groups is 2. The molecule has 180 valence electrons. The summed E-state index contributed by atoms with van der Waals surface area (Å²) in [4.78, 5) is 22.1. The second kappa shape index (κ2) is 14.2. The van der Waals surface area contributed by atoms with Gasteiger partial charge >= 0.3 is 5.69 Å². The molecule has 4 rings (SSSR count). The number of nitrogens with one attached hydrogen (secondary N) is 1. The van der Waals surface area contributed by atoms with E-state index in [1.54, 1.807) is 6.07 Å². The molecule has 8 nitrogen and oxygen atoms in total. The minimum Gasteiger partial charge on any atom is -0.366 e. The van der Waals surface area contributed by atoms with Gasteiger partial charge in [0.05, 0.1) is 9.85 Å². The van der Waals surface area contributed by atoms with E-state index in [0.29, 0.717) is 4.47 Å². The Hall–Kier alpha value is -2.11. The largest absolute Gasteiger partial charge is 0.366 e. The van der Waals surface area contributed by atoms with E-state index in [9.17, 15) is 24.6 Å². The Bertz CT molecular complexity index is 927. The lowest BCUT2D eigenvalue weighted by molar-refractivity contribution is -0.387. The van der Waals surface area contributed by atoms with E-state index in [4.69, 9.17) is 0 Å². The molecular formula is C22H27Br2FN4O4.